The zero-order valence-corrected chi connectivity index (χ0v) is 13.6. The first kappa shape index (κ1) is 16.0. The summed E-state index contributed by atoms with van der Waals surface area (Å²) in [7, 11) is 0. The minimum absolute atomic E-state index is 0.182. The van der Waals surface area contributed by atoms with E-state index in [0.717, 1.165) is 42.3 Å². The van der Waals surface area contributed by atoms with Crippen molar-refractivity contribution in [3.8, 4) is 0 Å². The Morgan fingerprint density at radius 1 is 1.35 bits per heavy atom. The standard InChI is InChI=1S/C18H25N3O2/c1-2-23-12-16(18(22)9-5-6-10-18)21-17-13-7-3-4-8-15(13)20-11-14(17)19/h3-4,7-8,11,16,22H,2,5-6,9-10,12,19H2,1H3,(H,20,21)/t16-/m1/s1. The molecule has 1 aliphatic carbocycles. The topological polar surface area (TPSA) is 80.4 Å². The van der Waals surface area contributed by atoms with Crippen LogP contribution in [-0.4, -0.2) is 34.9 Å². The van der Waals surface area contributed by atoms with Gasteiger partial charge in [-0.15, -0.1) is 0 Å². The van der Waals surface area contributed by atoms with E-state index in [1.54, 1.807) is 6.20 Å². The van der Waals surface area contributed by atoms with Gasteiger partial charge in [0.15, 0.2) is 0 Å². The number of ether oxygens (including phenoxy) is 1. The predicted octanol–water partition coefficient (Wildman–Crippen LogP) is 2.94. The number of benzene rings is 1. The van der Waals surface area contributed by atoms with Crippen LogP contribution in [0.5, 0.6) is 0 Å². The molecule has 1 aliphatic rings. The van der Waals surface area contributed by atoms with Gasteiger partial charge in [0, 0.05) is 12.0 Å². The molecule has 0 aliphatic heterocycles. The Labute approximate surface area is 136 Å². The van der Waals surface area contributed by atoms with E-state index in [9.17, 15) is 5.11 Å². The number of para-hydroxylation sites is 1. The number of hydrogen-bond donors (Lipinski definition) is 3. The van der Waals surface area contributed by atoms with Gasteiger partial charge in [0.2, 0.25) is 0 Å². The Morgan fingerprint density at radius 3 is 2.83 bits per heavy atom. The zero-order valence-electron chi connectivity index (χ0n) is 13.6. The second-order valence-corrected chi connectivity index (χ2v) is 6.27. The van der Waals surface area contributed by atoms with Crippen LogP contribution in [0.3, 0.4) is 0 Å². The Hall–Kier alpha value is -1.85. The van der Waals surface area contributed by atoms with Crippen LogP contribution >= 0.6 is 0 Å². The lowest BCUT2D eigenvalue weighted by Crippen LogP contribution is -2.48. The van der Waals surface area contributed by atoms with Crippen LogP contribution in [-0.2, 0) is 4.74 Å². The maximum absolute atomic E-state index is 11.0. The highest BCUT2D eigenvalue weighted by Gasteiger charge is 2.40. The molecule has 5 nitrogen and oxygen atoms in total. The molecule has 1 fully saturated rings. The lowest BCUT2D eigenvalue weighted by molar-refractivity contribution is -0.00495. The van der Waals surface area contributed by atoms with Crippen molar-refractivity contribution in [2.24, 2.45) is 0 Å². The van der Waals surface area contributed by atoms with Crippen molar-refractivity contribution in [1.29, 1.82) is 0 Å². The van der Waals surface area contributed by atoms with Crippen LogP contribution in [0.1, 0.15) is 32.6 Å². The highest BCUT2D eigenvalue weighted by molar-refractivity contribution is 5.97. The van der Waals surface area contributed by atoms with Crippen molar-refractivity contribution in [2.75, 3.05) is 24.3 Å². The first-order valence-corrected chi connectivity index (χ1v) is 8.34. The average Bonchev–Trinajstić information content (AvgIpc) is 3.01. The van der Waals surface area contributed by atoms with Gasteiger partial charge in [-0.3, -0.25) is 4.98 Å². The molecule has 1 saturated carbocycles. The predicted molar refractivity (Wildman–Crippen MR) is 93.5 cm³/mol. The molecule has 1 aromatic carbocycles. The van der Waals surface area contributed by atoms with Crippen molar-refractivity contribution in [1.82, 2.24) is 4.98 Å². The van der Waals surface area contributed by atoms with E-state index in [0.29, 0.717) is 18.9 Å². The van der Waals surface area contributed by atoms with E-state index >= 15 is 0 Å². The summed E-state index contributed by atoms with van der Waals surface area (Å²) >= 11 is 0. The van der Waals surface area contributed by atoms with Gasteiger partial charge in [-0.05, 0) is 25.8 Å². The lowest BCUT2D eigenvalue weighted by atomic mass is 9.92. The number of anilines is 2. The first-order chi connectivity index (χ1) is 11.1. The minimum atomic E-state index is -0.744. The van der Waals surface area contributed by atoms with Crippen LogP contribution in [0.4, 0.5) is 11.4 Å². The summed E-state index contributed by atoms with van der Waals surface area (Å²) in [6.45, 7) is 3.05. The Bertz CT molecular complexity index is 668. The quantitative estimate of drug-likeness (QED) is 0.763. The van der Waals surface area contributed by atoms with E-state index in [1.165, 1.54) is 0 Å². The summed E-state index contributed by atoms with van der Waals surface area (Å²) in [6.07, 6.45) is 5.35. The molecule has 124 valence electrons. The number of fused-ring (bicyclic) bond motifs is 1. The average molecular weight is 315 g/mol. The monoisotopic (exact) mass is 315 g/mol. The minimum Gasteiger partial charge on any atom is -0.396 e. The number of nitrogens with two attached hydrogens (primary N) is 1. The second-order valence-electron chi connectivity index (χ2n) is 6.27. The van der Waals surface area contributed by atoms with Crippen LogP contribution in [0.15, 0.2) is 30.5 Å². The number of aliphatic hydroxyl groups is 1. The molecule has 0 radical (unpaired) electrons. The van der Waals surface area contributed by atoms with Crippen LogP contribution in [0.25, 0.3) is 10.9 Å². The van der Waals surface area contributed by atoms with Gasteiger partial charge in [0.25, 0.3) is 0 Å². The number of hydrogen-bond acceptors (Lipinski definition) is 5. The fourth-order valence-corrected chi connectivity index (χ4v) is 3.39. The van der Waals surface area contributed by atoms with Gasteiger partial charge in [-0.1, -0.05) is 31.0 Å². The maximum atomic E-state index is 11.0. The molecule has 3 rings (SSSR count). The molecule has 5 heteroatoms. The Kier molecular flexibility index (Phi) is 4.68. The molecule has 0 saturated heterocycles. The summed E-state index contributed by atoms with van der Waals surface area (Å²) < 4.78 is 5.62. The molecule has 2 aromatic rings. The van der Waals surface area contributed by atoms with Crippen LogP contribution in [0.2, 0.25) is 0 Å². The molecule has 23 heavy (non-hydrogen) atoms. The van der Waals surface area contributed by atoms with Crippen molar-refractivity contribution >= 4 is 22.3 Å². The van der Waals surface area contributed by atoms with Gasteiger partial charge >= 0.3 is 0 Å². The molecular formula is C18H25N3O2. The molecule has 0 bridgehead atoms. The highest BCUT2D eigenvalue weighted by Crippen LogP contribution is 2.36. The molecule has 1 aromatic heterocycles. The Morgan fingerprint density at radius 2 is 2.09 bits per heavy atom. The summed E-state index contributed by atoms with van der Waals surface area (Å²) in [5.74, 6) is 0. The maximum Gasteiger partial charge on any atom is 0.0870 e. The third-order valence-corrected chi connectivity index (χ3v) is 4.73. The summed E-state index contributed by atoms with van der Waals surface area (Å²) in [5, 5.41) is 15.4. The van der Waals surface area contributed by atoms with E-state index in [2.05, 4.69) is 10.3 Å². The Balaban J connectivity index is 1.95. The fraction of sp³-hybridized carbons (Fsp3) is 0.500. The SMILES string of the molecule is CCOC[C@@H](Nc1c(N)cnc2ccccc12)C1(O)CCCC1. The zero-order chi connectivity index (χ0) is 16.3. The molecule has 1 atom stereocenters. The number of pyridine rings is 1. The van der Waals surface area contributed by atoms with E-state index in [1.807, 2.05) is 31.2 Å². The van der Waals surface area contributed by atoms with E-state index < -0.39 is 5.60 Å². The summed E-state index contributed by atoms with van der Waals surface area (Å²) in [5.41, 5.74) is 7.72. The van der Waals surface area contributed by atoms with E-state index in [-0.39, 0.29) is 6.04 Å². The number of nitrogens with one attached hydrogen (secondary N) is 1. The van der Waals surface area contributed by atoms with Gasteiger partial charge in [-0.25, -0.2) is 0 Å². The lowest BCUT2D eigenvalue weighted by Gasteiger charge is -2.34. The van der Waals surface area contributed by atoms with Crippen molar-refractivity contribution in [3.63, 3.8) is 0 Å². The number of nitrogen functional groups attached to an aromatic ring is 1. The number of rotatable bonds is 6. The second kappa shape index (κ2) is 6.72. The van der Waals surface area contributed by atoms with Gasteiger partial charge in [0.1, 0.15) is 0 Å². The number of nitrogens with zero attached hydrogens (tertiary/aromatic N) is 1. The van der Waals surface area contributed by atoms with E-state index in [4.69, 9.17) is 10.5 Å². The van der Waals surface area contributed by atoms with Gasteiger partial charge < -0.3 is 20.9 Å². The third kappa shape index (κ3) is 3.26. The molecule has 0 amide bonds. The molecule has 0 spiro atoms. The molecule has 4 N–H and O–H groups in total. The van der Waals surface area contributed by atoms with Crippen LogP contribution in [0, 0.1) is 0 Å². The van der Waals surface area contributed by atoms with Crippen molar-refractivity contribution in [3.05, 3.63) is 30.5 Å². The summed E-state index contributed by atoms with van der Waals surface area (Å²) in [6, 6.07) is 7.70. The highest BCUT2D eigenvalue weighted by atomic mass is 16.5. The first-order valence-electron chi connectivity index (χ1n) is 8.34. The van der Waals surface area contributed by atoms with Gasteiger partial charge in [0.05, 0.1) is 41.3 Å². The molecular weight excluding hydrogens is 290 g/mol. The molecule has 0 unspecified atom stereocenters. The third-order valence-electron chi connectivity index (χ3n) is 4.73. The van der Waals surface area contributed by atoms with Gasteiger partial charge in [-0.2, -0.15) is 0 Å². The normalized spacial score (nSPS) is 18.2. The smallest absolute Gasteiger partial charge is 0.0870 e. The van der Waals surface area contributed by atoms with Crippen molar-refractivity contribution < 1.29 is 9.84 Å². The summed E-state index contributed by atoms with van der Waals surface area (Å²) in [4.78, 5) is 4.37. The number of aromatic nitrogens is 1. The van der Waals surface area contributed by atoms with Crippen molar-refractivity contribution in [2.45, 2.75) is 44.2 Å². The fourth-order valence-electron chi connectivity index (χ4n) is 3.39. The van der Waals surface area contributed by atoms with Crippen LogP contribution < -0.4 is 11.1 Å². The molecule has 1 heterocycles. The largest absolute Gasteiger partial charge is 0.396 e.